The van der Waals surface area contributed by atoms with Crippen LogP contribution in [0.15, 0.2) is 10.6 Å². The number of rotatable bonds is 4. The molecule has 96 valence electrons. The minimum atomic E-state index is 0. The smallest absolute Gasteiger partial charge is 0.221 e. The van der Waals surface area contributed by atoms with Gasteiger partial charge in [-0.3, -0.25) is 4.79 Å². The van der Waals surface area contributed by atoms with Crippen molar-refractivity contribution in [1.82, 2.24) is 15.8 Å². The number of amides is 1. The van der Waals surface area contributed by atoms with Gasteiger partial charge in [-0.1, -0.05) is 5.16 Å². The molecule has 0 radical (unpaired) electrons. The van der Waals surface area contributed by atoms with Gasteiger partial charge >= 0.3 is 0 Å². The molecule has 17 heavy (non-hydrogen) atoms. The third-order valence-corrected chi connectivity index (χ3v) is 2.73. The van der Waals surface area contributed by atoms with E-state index in [0.29, 0.717) is 24.8 Å². The highest BCUT2D eigenvalue weighted by molar-refractivity contribution is 5.85. The second kappa shape index (κ2) is 6.61. The highest BCUT2D eigenvalue weighted by Crippen LogP contribution is 2.08. The maximum atomic E-state index is 11.6. The van der Waals surface area contributed by atoms with Crippen molar-refractivity contribution in [2.75, 3.05) is 6.54 Å². The predicted octanol–water partition coefficient (Wildman–Crippen LogP) is 1.16. The molecule has 0 saturated carbocycles. The first-order valence-electron chi connectivity index (χ1n) is 5.66. The second-order valence-electron chi connectivity index (χ2n) is 4.21. The summed E-state index contributed by atoms with van der Waals surface area (Å²) in [7, 11) is 0. The lowest BCUT2D eigenvalue weighted by atomic mass is 10.1. The molecule has 1 saturated heterocycles. The van der Waals surface area contributed by atoms with Crippen molar-refractivity contribution in [1.29, 1.82) is 0 Å². The average Bonchev–Trinajstić information content (AvgIpc) is 2.87. The Balaban J connectivity index is 0.00000144. The molecule has 5 nitrogen and oxygen atoms in total. The van der Waals surface area contributed by atoms with Gasteiger partial charge in [-0.05, 0) is 26.3 Å². The van der Waals surface area contributed by atoms with E-state index in [1.54, 1.807) is 0 Å². The van der Waals surface area contributed by atoms with E-state index >= 15 is 0 Å². The van der Waals surface area contributed by atoms with Crippen molar-refractivity contribution in [2.45, 2.75) is 38.8 Å². The molecule has 6 heteroatoms. The van der Waals surface area contributed by atoms with Gasteiger partial charge in [0.2, 0.25) is 5.91 Å². The zero-order valence-corrected chi connectivity index (χ0v) is 10.7. The first kappa shape index (κ1) is 14.0. The number of aromatic nitrogens is 1. The van der Waals surface area contributed by atoms with E-state index in [1.165, 1.54) is 6.42 Å². The fraction of sp³-hybridized carbons (Fsp3) is 0.636. The van der Waals surface area contributed by atoms with E-state index in [4.69, 9.17) is 4.52 Å². The van der Waals surface area contributed by atoms with E-state index in [2.05, 4.69) is 15.8 Å². The normalized spacial score (nSPS) is 18.8. The van der Waals surface area contributed by atoms with Gasteiger partial charge in [0.05, 0.1) is 12.2 Å². The number of hydrogen-bond acceptors (Lipinski definition) is 4. The van der Waals surface area contributed by atoms with Crippen molar-refractivity contribution >= 4 is 18.3 Å². The lowest BCUT2D eigenvalue weighted by molar-refractivity contribution is -0.121. The molecule has 2 rings (SSSR count). The molecule has 1 aromatic heterocycles. The lowest BCUT2D eigenvalue weighted by Crippen LogP contribution is -2.31. The van der Waals surface area contributed by atoms with Crippen molar-refractivity contribution in [2.24, 2.45) is 0 Å². The minimum Gasteiger partial charge on any atom is -0.359 e. The Labute approximate surface area is 107 Å². The van der Waals surface area contributed by atoms with Crippen LogP contribution in [0.2, 0.25) is 0 Å². The topological polar surface area (TPSA) is 67.2 Å². The molecule has 1 aliphatic heterocycles. The lowest BCUT2D eigenvalue weighted by Gasteiger charge is -2.09. The molecule has 0 aromatic carbocycles. The van der Waals surface area contributed by atoms with Gasteiger partial charge in [-0.15, -0.1) is 12.4 Å². The average molecular weight is 260 g/mol. The highest BCUT2D eigenvalue weighted by atomic mass is 35.5. The monoisotopic (exact) mass is 259 g/mol. The Kier molecular flexibility index (Phi) is 5.44. The van der Waals surface area contributed by atoms with E-state index in [1.807, 2.05) is 13.0 Å². The van der Waals surface area contributed by atoms with Gasteiger partial charge in [0.15, 0.2) is 5.76 Å². The van der Waals surface area contributed by atoms with Crippen LogP contribution in [-0.4, -0.2) is 23.7 Å². The van der Waals surface area contributed by atoms with E-state index < -0.39 is 0 Å². The zero-order valence-electron chi connectivity index (χ0n) is 9.86. The summed E-state index contributed by atoms with van der Waals surface area (Å²) in [4.78, 5) is 11.6. The Bertz CT molecular complexity index is 361. The van der Waals surface area contributed by atoms with Crippen LogP contribution in [0.5, 0.6) is 0 Å². The number of carbonyl (C=O) groups is 1. The largest absolute Gasteiger partial charge is 0.359 e. The fourth-order valence-corrected chi connectivity index (χ4v) is 1.91. The number of hydrogen-bond donors (Lipinski definition) is 2. The molecular weight excluding hydrogens is 242 g/mol. The minimum absolute atomic E-state index is 0. The first-order chi connectivity index (χ1) is 7.74. The standard InChI is InChI=1S/C11H17N3O2.ClH/c1-8-5-10(16-14-8)7-13-11(15)6-9-3-2-4-12-9;/h5,9,12H,2-4,6-7H2,1H3,(H,13,15);1H. The molecule has 1 atom stereocenters. The van der Waals surface area contributed by atoms with Crippen LogP contribution in [0.3, 0.4) is 0 Å². The summed E-state index contributed by atoms with van der Waals surface area (Å²) < 4.78 is 5.00. The van der Waals surface area contributed by atoms with E-state index in [-0.39, 0.29) is 18.3 Å². The molecule has 0 aliphatic carbocycles. The summed E-state index contributed by atoms with van der Waals surface area (Å²) in [5.74, 6) is 0.763. The summed E-state index contributed by atoms with van der Waals surface area (Å²) in [6, 6.07) is 2.17. The van der Waals surface area contributed by atoms with Crippen molar-refractivity contribution in [3.05, 3.63) is 17.5 Å². The Morgan fingerprint density at radius 2 is 2.53 bits per heavy atom. The highest BCUT2D eigenvalue weighted by Gasteiger charge is 2.17. The van der Waals surface area contributed by atoms with Crippen LogP contribution in [0, 0.1) is 6.92 Å². The molecule has 1 aliphatic rings. The first-order valence-corrected chi connectivity index (χ1v) is 5.66. The molecular formula is C11H18ClN3O2. The van der Waals surface area contributed by atoms with Gasteiger partial charge < -0.3 is 15.2 Å². The molecule has 0 spiro atoms. The van der Waals surface area contributed by atoms with Crippen LogP contribution in [0.25, 0.3) is 0 Å². The number of aryl methyl sites for hydroxylation is 1. The number of nitrogens with zero attached hydrogens (tertiary/aromatic N) is 1. The number of carbonyl (C=O) groups excluding carboxylic acids is 1. The SMILES string of the molecule is Cc1cc(CNC(=O)CC2CCCN2)on1.Cl. The summed E-state index contributed by atoms with van der Waals surface area (Å²) in [6.45, 7) is 3.31. The molecule has 2 heterocycles. The third-order valence-electron chi connectivity index (χ3n) is 2.73. The summed E-state index contributed by atoms with van der Waals surface area (Å²) in [6.07, 6.45) is 2.81. The van der Waals surface area contributed by atoms with Crippen LogP contribution in [0.1, 0.15) is 30.7 Å². The Morgan fingerprint density at radius 1 is 1.71 bits per heavy atom. The van der Waals surface area contributed by atoms with Crippen LogP contribution >= 0.6 is 12.4 Å². The Hall–Kier alpha value is -1.07. The van der Waals surface area contributed by atoms with Gasteiger partial charge in [0.1, 0.15) is 0 Å². The van der Waals surface area contributed by atoms with Crippen LogP contribution in [0.4, 0.5) is 0 Å². The van der Waals surface area contributed by atoms with Gasteiger partial charge in [0.25, 0.3) is 0 Å². The van der Waals surface area contributed by atoms with Gasteiger partial charge in [-0.2, -0.15) is 0 Å². The molecule has 1 unspecified atom stereocenters. The maximum Gasteiger partial charge on any atom is 0.221 e. The summed E-state index contributed by atoms with van der Waals surface area (Å²) >= 11 is 0. The Morgan fingerprint density at radius 3 is 3.12 bits per heavy atom. The van der Waals surface area contributed by atoms with Gasteiger partial charge in [-0.25, -0.2) is 0 Å². The zero-order chi connectivity index (χ0) is 11.4. The molecule has 2 N–H and O–H groups in total. The number of halogens is 1. The molecule has 1 fully saturated rings. The molecule has 0 bridgehead atoms. The maximum absolute atomic E-state index is 11.6. The fourth-order valence-electron chi connectivity index (χ4n) is 1.91. The predicted molar refractivity (Wildman–Crippen MR) is 66.0 cm³/mol. The molecule has 1 aromatic rings. The quantitative estimate of drug-likeness (QED) is 0.852. The third kappa shape index (κ3) is 4.36. The number of nitrogens with one attached hydrogen (secondary N) is 2. The van der Waals surface area contributed by atoms with Gasteiger partial charge in [0, 0.05) is 18.5 Å². The summed E-state index contributed by atoms with van der Waals surface area (Å²) in [5.41, 5.74) is 0.835. The van der Waals surface area contributed by atoms with Crippen LogP contribution in [-0.2, 0) is 11.3 Å². The van der Waals surface area contributed by atoms with Crippen molar-refractivity contribution in [3.63, 3.8) is 0 Å². The summed E-state index contributed by atoms with van der Waals surface area (Å²) in [5, 5.41) is 9.88. The molecule has 1 amide bonds. The van der Waals surface area contributed by atoms with Crippen molar-refractivity contribution < 1.29 is 9.32 Å². The van der Waals surface area contributed by atoms with Crippen molar-refractivity contribution in [3.8, 4) is 0 Å². The second-order valence-corrected chi connectivity index (χ2v) is 4.21. The van der Waals surface area contributed by atoms with E-state index in [9.17, 15) is 4.79 Å². The van der Waals surface area contributed by atoms with Crippen LogP contribution < -0.4 is 10.6 Å². The van der Waals surface area contributed by atoms with E-state index in [0.717, 1.165) is 18.7 Å².